The Hall–Kier alpha value is -4.03. The Kier molecular flexibility index (Phi) is 8.07. The molecule has 1 unspecified atom stereocenters. The van der Waals surface area contributed by atoms with Gasteiger partial charge >= 0.3 is 5.69 Å². The number of amides is 1. The molecule has 0 radical (unpaired) electrons. The van der Waals surface area contributed by atoms with E-state index in [0.717, 1.165) is 6.07 Å². The normalized spacial score (nSPS) is 16.3. The molecule has 4 heterocycles. The number of phenols is 1. The molecule has 1 amide bonds. The first-order valence-corrected chi connectivity index (χ1v) is 15.9. The summed E-state index contributed by atoms with van der Waals surface area (Å²) in [6, 6.07) is 3.34. The lowest BCUT2D eigenvalue weighted by Gasteiger charge is -2.41. The monoisotopic (exact) mass is 652 g/mol. The number of aromatic hydroxyl groups is 1. The predicted molar refractivity (Wildman–Crippen MR) is 172 cm³/mol. The fraction of sp³-hybridized carbons (Fsp3) is 0.344. The molecular formula is C32H31ClF2N6O3S. The van der Waals surface area contributed by atoms with Crippen LogP contribution < -0.4 is 10.6 Å². The number of piperazine rings is 1. The van der Waals surface area contributed by atoms with Crippen molar-refractivity contribution >= 4 is 46.0 Å². The Morgan fingerprint density at radius 2 is 1.82 bits per heavy atom. The molecule has 234 valence electrons. The summed E-state index contributed by atoms with van der Waals surface area (Å²) in [6.07, 6.45) is 2.69. The summed E-state index contributed by atoms with van der Waals surface area (Å²) in [6.45, 7) is 12.3. The molecular weight excluding hydrogens is 622 g/mol. The maximum Gasteiger partial charge on any atom is 0.354 e. The number of nitrogens with zero attached hydrogens (tertiary/aromatic N) is 6. The summed E-state index contributed by atoms with van der Waals surface area (Å²) >= 11 is 8.28. The van der Waals surface area contributed by atoms with Gasteiger partial charge in [0.15, 0.2) is 0 Å². The molecule has 1 fully saturated rings. The number of carbonyl (C=O) groups excluding carboxylic acids is 1. The van der Waals surface area contributed by atoms with E-state index >= 15 is 8.78 Å². The van der Waals surface area contributed by atoms with Crippen molar-refractivity contribution in [3.63, 3.8) is 0 Å². The first-order valence-electron chi connectivity index (χ1n) is 14.6. The highest BCUT2D eigenvalue weighted by atomic mass is 35.5. The molecule has 1 N–H and O–H groups in total. The van der Waals surface area contributed by atoms with Gasteiger partial charge in [0.2, 0.25) is 5.91 Å². The van der Waals surface area contributed by atoms with Crippen LogP contribution in [0, 0.1) is 11.6 Å². The lowest BCUT2D eigenvalue weighted by Crippen LogP contribution is -2.56. The van der Waals surface area contributed by atoms with Crippen LogP contribution in [0.1, 0.15) is 50.9 Å². The van der Waals surface area contributed by atoms with E-state index in [4.69, 9.17) is 11.6 Å². The van der Waals surface area contributed by atoms with Crippen LogP contribution in [-0.4, -0.2) is 66.9 Å². The molecule has 0 spiro atoms. The number of carbonyl (C=O) groups is 1. The quantitative estimate of drug-likeness (QED) is 0.261. The molecule has 0 aliphatic carbocycles. The standard InChI is InChI=1S/C32H31ClF2N6O3S/c1-6-20(43)39-10-11-40-17(12-39)13-45-30-23-28(24(33)22(25(30)35)21-18(34)8-7-9-19(21)42)41(32(44)38-31(23)40)29-26(15(2)3)36-14-37-27(29)16(4)5/h6-9,14-17,42H,1,10-13H2,2-5H3. The zero-order chi connectivity index (χ0) is 32.3. The highest BCUT2D eigenvalue weighted by Gasteiger charge is 2.38. The van der Waals surface area contributed by atoms with E-state index in [1.165, 1.54) is 40.9 Å². The second kappa shape index (κ2) is 11.7. The molecule has 9 nitrogen and oxygen atoms in total. The van der Waals surface area contributed by atoms with Crippen LogP contribution in [0.4, 0.5) is 14.6 Å². The summed E-state index contributed by atoms with van der Waals surface area (Å²) in [4.78, 5) is 44.1. The van der Waals surface area contributed by atoms with Gasteiger partial charge in [-0.05, 0) is 30.0 Å². The van der Waals surface area contributed by atoms with Gasteiger partial charge in [0, 0.05) is 31.0 Å². The van der Waals surface area contributed by atoms with Gasteiger partial charge in [-0.25, -0.2) is 23.5 Å². The Bertz CT molecular complexity index is 1900. The largest absolute Gasteiger partial charge is 0.507 e. The van der Waals surface area contributed by atoms with E-state index in [0.29, 0.717) is 42.5 Å². The molecule has 2 aromatic carbocycles. The van der Waals surface area contributed by atoms with E-state index in [1.807, 2.05) is 32.6 Å². The van der Waals surface area contributed by atoms with Crippen molar-refractivity contribution in [1.82, 2.24) is 24.4 Å². The molecule has 45 heavy (non-hydrogen) atoms. The number of halogens is 3. The fourth-order valence-corrected chi connectivity index (χ4v) is 7.72. The van der Waals surface area contributed by atoms with Gasteiger partial charge in [-0.15, -0.1) is 11.8 Å². The third-order valence-electron chi connectivity index (χ3n) is 8.25. The fourth-order valence-electron chi connectivity index (χ4n) is 6.16. The van der Waals surface area contributed by atoms with E-state index in [1.54, 1.807) is 4.90 Å². The second-order valence-electron chi connectivity index (χ2n) is 11.7. The smallest absolute Gasteiger partial charge is 0.354 e. The molecule has 13 heteroatoms. The van der Waals surface area contributed by atoms with Crippen LogP contribution in [0.2, 0.25) is 5.02 Å². The third kappa shape index (κ3) is 4.94. The summed E-state index contributed by atoms with van der Waals surface area (Å²) in [5, 5.41) is 10.8. The minimum absolute atomic E-state index is 0.105. The molecule has 0 bridgehead atoms. The highest BCUT2D eigenvalue weighted by molar-refractivity contribution is 7.99. The molecule has 1 atom stereocenters. The van der Waals surface area contributed by atoms with Crippen molar-refractivity contribution in [2.75, 3.05) is 30.3 Å². The maximum absolute atomic E-state index is 16.9. The van der Waals surface area contributed by atoms with E-state index < -0.39 is 28.6 Å². The number of aromatic nitrogens is 4. The summed E-state index contributed by atoms with van der Waals surface area (Å²) in [7, 11) is 0. The summed E-state index contributed by atoms with van der Waals surface area (Å²) < 4.78 is 33.6. The lowest BCUT2D eigenvalue weighted by molar-refractivity contribution is -0.126. The average molecular weight is 653 g/mol. The van der Waals surface area contributed by atoms with Crippen LogP contribution in [-0.2, 0) is 4.79 Å². The van der Waals surface area contributed by atoms with Crippen molar-refractivity contribution in [2.24, 2.45) is 0 Å². The number of fused-ring (bicyclic) bond motifs is 2. The van der Waals surface area contributed by atoms with Crippen molar-refractivity contribution in [3.8, 4) is 22.6 Å². The van der Waals surface area contributed by atoms with E-state index in [9.17, 15) is 14.7 Å². The lowest BCUT2D eigenvalue weighted by atomic mass is 9.98. The molecule has 1 saturated heterocycles. The maximum atomic E-state index is 16.9. The topological polar surface area (TPSA) is 104 Å². The molecule has 0 saturated carbocycles. The first-order chi connectivity index (χ1) is 21.5. The predicted octanol–water partition coefficient (Wildman–Crippen LogP) is 6.04. The zero-order valence-electron chi connectivity index (χ0n) is 25.1. The van der Waals surface area contributed by atoms with Crippen molar-refractivity contribution in [1.29, 1.82) is 0 Å². The van der Waals surface area contributed by atoms with E-state index in [2.05, 4.69) is 21.5 Å². The second-order valence-corrected chi connectivity index (χ2v) is 13.1. The highest BCUT2D eigenvalue weighted by Crippen LogP contribution is 2.50. The Morgan fingerprint density at radius 3 is 2.44 bits per heavy atom. The Balaban J connectivity index is 1.78. The average Bonchev–Trinajstić information content (AvgIpc) is 3.16. The van der Waals surface area contributed by atoms with Crippen LogP contribution >= 0.6 is 23.4 Å². The molecule has 2 aliphatic rings. The van der Waals surface area contributed by atoms with Crippen LogP contribution in [0.3, 0.4) is 0 Å². The Morgan fingerprint density at radius 1 is 1.13 bits per heavy atom. The van der Waals surface area contributed by atoms with Crippen molar-refractivity contribution < 1.29 is 18.7 Å². The van der Waals surface area contributed by atoms with Crippen LogP contribution in [0.15, 0.2) is 46.9 Å². The van der Waals surface area contributed by atoms with Gasteiger partial charge in [-0.3, -0.25) is 9.36 Å². The van der Waals surface area contributed by atoms with Crippen LogP contribution in [0.5, 0.6) is 5.75 Å². The zero-order valence-corrected chi connectivity index (χ0v) is 26.7. The first kappa shape index (κ1) is 31.0. The van der Waals surface area contributed by atoms with Gasteiger partial charge in [0.25, 0.3) is 0 Å². The number of anilines is 1. The minimum Gasteiger partial charge on any atom is -0.507 e. The van der Waals surface area contributed by atoms with Gasteiger partial charge in [0.1, 0.15) is 29.5 Å². The summed E-state index contributed by atoms with van der Waals surface area (Å²) in [5.74, 6) is -2.22. The van der Waals surface area contributed by atoms with Gasteiger partial charge < -0.3 is 14.9 Å². The minimum atomic E-state index is -0.881. The van der Waals surface area contributed by atoms with Gasteiger partial charge in [-0.2, -0.15) is 4.98 Å². The number of benzene rings is 2. The van der Waals surface area contributed by atoms with Crippen molar-refractivity contribution in [2.45, 2.75) is 50.5 Å². The molecule has 4 aromatic rings. The number of hydrogen-bond acceptors (Lipinski definition) is 8. The Labute approximate surface area is 267 Å². The number of hydrogen-bond donors (Lipinski definition) is 1. The van der Waals surface area contributed by atoms with Crippen LogP contribution in [0.25, 0.3) is 27.7 Å². The van der Waals surface area contributed by atoms with Crippen molar-refractivity contribution in [3.05, 3.63) is 75.7 Å². The molecule has 2 aromatic heterocycles. The number of thioether (sulfide) groups is 1. The number of rotatable bonds is 5. The number of phenolic OH excluding ortho intramolecular Hbond substituents is 1. The van der Waals surface area contributed by atoms with E-state index in [-0.39, 0.29) is 56.0 Å². The van der Waals surface area contributed by atoms with Gasteiger partial charge in [-0.1, -0.05) is 51.9 Å². The molecule has 6 rings (SSSR count). The molecule has 2 aliphatic heterocycles. The van der Waals surface area contributed by atoms with Gasteiger partial charge in [0.05, 0.1) is 49.5 Å². The summed E-state index contributed by atoms with van der Waals surface area (Å²) in [5.41, 5.74) is 0.110. The SMILES string of the molecule is C=CC(=O)N1CCN2c3nc(=O)n(-c4c(C(C)C)ncnc4C(C)C)c4c(Cl)c(-c5c(O)cccc5F)c(F)c(c34)SCC2C1. The third-order valence-corrected chi connectivity index (χ3v) is 9.84.